The fraction of sp³-hybridized carbons (Fsp3) is 0.857. The number of oxime groups is 1. The summed E-state index contributed by atoms with van der Waals surface area (Å²) in [7, 11) is 0. The standard InChI is InChI=1S/C4H10O.C3H7NO/c1-3-5-4-2;1-3(2)4-5/h3-4H2,1-2H3;5H,1-2H3. The SMILES string of the molecule is CC(C)=NO.CCOCC. The van der Waals surface area contributed by atoms with Crippen molar-refractivity contribution in [2.75, 3.05) is 13.2 Å². The highest BCUT2D eigenvalue weighted by Crippen LogP contribution is 1.64. The van der Waals surface area contributed by atoms with E-state index in [0.717, 1.165) is 13.2 Å². The third-order valence-corrected chi connectivity index (χ3v) is 0.608. The van der Waals surface area contributed by atoms with Crippen LogP contribution in [0.1, 0.15) is 27.7 Å². The molecule has 0 aromatic heterocycles. The molecule has 0 heterocycles. The van der Waals surface area contributed by atoms with Gasteiger partial charge >= 0.3 is 0 Å². The molecule has 0 unspecified atom stereocenters. The van der Waals surface area contributed by atoms with Gasteiger partial charge in [0.2, 0.25) is 0 Å². The van der Waals surface area contributed by atoms with E-state index in [1.807, 2.05) is 13.8 Å². The molecule has 0 radical (unpaired) electrons. The molecule has 0 aromatic rings. The molecule has 0 saturated carbocycles. The van der Waals surface area contributed by atoms with Gasteiger partial charge in [-0.25, -0.2) is 0 Å². The molecule has 0 aliphatic rings. The lowest BCUT2D eigenvalue weighted by atomic mass is 10.5. The normalized spacial score (nSPS) is 7.60. The number of nitrogens with zero attached hydrogens (tertiary/aromatic N) is 1. The monoisotopic (exact) mass is 147 g/mol. The Morgan fingerprint density at radius 1 is 1.30 bits per heavy atom. The lowest BCUT2D eigenvalue weighted by Crippen LogP contribution is -1.84. The molecule has 0 atom stereocenters. The maximum atomic E-state index is 7.73. The third-order valence-electron chi connectivity index (χ3n) is 0.608. The van der Waals surface area contributed by atoms with Crippen molar-refractivity contribution in [3.63, 3.8) is 0 Å². The zero-order chi connectivity index (χ0) is 8.41. The Hall–Kier alpha value is -0.570. The predicted molar refractivity (Wildman–Crippen MR) is 42.7 cm³/mol. The van der Waals surface area contributed by atoms with Gasteiger partial charge in [0.05, 0.1) is 5.71 Å². The first kappa shape index (κ1) is 12.1. The summed E-state index contributed by atoms with van der Waals surface area (Å²) < 4.78 is 4.83. The van der Waals surface area contributed by atoms with E-state index in [0.29, 0.717) is 5.71 Å². The van der Waals surface area contributed by atoms with Crippen LogP contribution in [0.3, 0.4) is 0 Å². The van der Waals surface area contributed by atoms with E-state index >= 15 is 0 Å². The van der Waals surface area contributed by atoms with Crippen LogP contribution >= 0.6 is 0 Å². The maximum Gasteiger partial charge on any atom is 0.0509 e. The first-order valence-corrected chi connectivity index (χ1v) is 3.42. The summed E-state index contributed by atoms with van der Waals surface area (Å²) in [6.07, 6.45) is 0. The highest BCUT2D eigenvalue weighted by atomic mass is 16.5. The van der Waals surface area contributed by atoms with Crippen LogP contribution in [0.4, 0.5) is 0 Å². The van der Waals surface area contributed by atoms with Gasteiger partial charge in [-0.2, -0.15) is 0 Å². The zero-order valence-electron chi connectivity index (χ0n) is 7.22. The van der Waals surface area contributed by atoms with Gasteiger partial charge in [0.1, 0.15) is 0 Å². The number of hydrogen-bond acceptors (Lipinski definition) is 3. The first-order valence-electron chi connectivity index (χ1n) is 3.42. The molecule has 0 saturated heterocycles. The average molecular weight is 147 g/mol. The molecule has 0 aliphatic carbocycles. The van der Waals surface area contributed by atoms with Gasteiger partial charge in [0.25, 0.3) is 0 Å². The molecule has 1 N–H and O–H groups in total. The van der Waals surface area contributed by atoms with Gasteiger partial charge in [-0.05, 0) is 27.7 Å². The van der Waals surface area contributed by atoms with E-state index in [2.05, 4.69) is 5.16 Å². The maximum absolute atomic E-state index is 7.73. The highest BCUT2D eigenvalue weighted by molar-refractivity contribution is 5.78. The molecule has 0 aliphatic heterocycles. The van der Waals surface area contributed by atoms with E-state index in [1.165, 1.54) is 0 Å². The summed E-state index contributed by atoms with van der Waals surface area (Å²) in [5.41, 5.74) is 0.685. The van der Waals surface area contributed by atoms with Crippen molar-refractivity contribution in [3.8, 4) is 0 Å². The van der Waals surface area contributed by atoms with Crippen molar-refractivity contribution in [1.29, 1.82) is 0 Å². The van der Waals surface area contributed by atoms with Crippen LogP contribution in [0.15, 0.2) is 5.16 Å². The van der Waals surface area contributed by atoms with Crippen LogP contribution in [0.25, 0.3) is 0 Å². The van der Waals surface area contributed by atoms with Crippen LogP contribution in [-0.4, -0.2) is 24.1 Å². The van der Waals surface area contributed by atoms with Crippen LogP contribution in [0.5, 0.6) is 0 Å². The minimum absolute atomic E-state index is 0.685. The second-order valence-electron chi connectivity index (χ2n) is 1.83. The number of ether oxygens (including phenoxy) is 1. The Bertz CT molecular complexity index is 75.7. The van der Waals surface area contributed by atoms with Crippen LogP contribution < -0.4 is 0 Å². The molecule has 10 heavy (non-hydrogen) atoms. The fourth-order valence-electron chi connectivity index (χ4n) is 0.204. The third kappa shape index (κ3) is 26.1. The van der Waals surface area contributed by atoms with E-state index in [1.54, 1.807) is 13.8 Å². The van der Waals surface area contributed by atoms with Crippen molar-refractivity contribution in [2.24, 2.45) is 5.16 Å². The summed E-state index contributed by atoms with van der Waals surface area (Å²) in [4.78, 5) is 0. The number of hydrogen-bond donors (Lipinski definition) is 1. The molecular weight excluding hydrogens is 130 g/mol. The Balaban J connectivity index is 0. The van der Waals surface area contributed by atoms with Gasteiger partial charge in [-0.3, -0.25) is 0 Å². The van der Waals surface area contributed by atoms with Crippen LogP contribution in [-0.2, 0) is 4.74 Å². The summed E-state index contributed by atoms with van der Waals surface area (Å²) in [5, 5.41) is 10.5. The lowest BCUT2D eigenvalue weighted by Gasteiger charge is -1.86. The highest BCUT2D eigenvalue weighted by Gasteiger charge is 1.65. The Morgan fingerprint density at radius 2 is 1.60 bits per heavy atom. The smallest absolute Gasteiger partial charge is 0.0509 e. The summed E-state index contributed by atoms with van der Waals surface area (Å²) in [5.74, 6) is 0. The molecule has 0 amide bonds. The minimum Gasteiger partial charge on any atom is -0.411 e. The quantitative estimate of drug-likeness (QED) is 0.368. The van der Waals surface area contributed by atoms with Gasteiger partial charge in [0.15, 0.2) is 0 Å². The molecule has 0 aromatic carbocycles. The largest absolute Gasteiger partial charge is 0.411 e. The zero-order valence-corrected chi connectivity index (χ0v) is 7.22. The van der Waals surface area contributed by atoms with Gasteiger partial charge < -0.3 is 9.94 Å². The molecule has 0 fully saturated rings. The number of rotatable bonds is 2. The topological polar surface area (TPSA) is 41.8 Å². The van der Waals surface area contributed by atoms with Gasteiger partial charge in [0, 0.05) is 13.2 Å². The Kier molecular flexibility index (Phi) is 13.7. The summed E-state index contributed by atoms with van der Waals surface area (Å²) in [6, 6.07) is 0. The predicted octanol–water partition coefficient (Wildman–Crippen LogP) is 1.90. The summed E-state index contributed by atoms with van der Waals surface area (Å²) in [6.45, 7) is 9.11. The Morgan fingerprint density at radius 3 is 1.60 bits per heavy atom. The molecule has 0 bridgehead atoms. The van der Waals surface area contributed by atoms with Crippen LogP contribution in [0, 0.1) is 0 Å². The lowest BCUT2D eigenvalue weighted by molar-refractivity contribution is 0.162. The van der Waals surface area contributed by atoms with Crippen molar-refractivity contribution >= 4 is 5.71 Å². The molecule has 3 nitrogen and oxygen atoms in total. The van der Waals surface area contributed by atoms with Crippen molar-refractivity contribution < 1.29 is 9.94 Å². The average Bonchev–Trinajstić information content (AvgIpc) is 1.91. The van der Waals surface area contributed by atoms with Crippen molar-refractivity contribution in [1.82, 2.24) is 0 Å². The van der Waals surface area contributed by atoms with Crippen molar-refractivity contribution in [3.05, 3.63) is 0 Å². The van der Waals surface area contributed by atoms with Crippen LogP contribution in [0.2, 0.25) is 0 Å². The fourth-order valence-corrected chi connectivity index (χ4v) is 0.204. The van der Waals surface area contributed by atoms with Crippen molar-refractivity contribution in [2.45, 2.75) is 27.7 Å². The van der Waals surface area contributed by atoms with Gasteiger partial charge in [-0.1, -0.05) is 5.16 Å². The molecule has 62 valence electrons. The molecular formula is C7H17NO2. The Labute approximate surface area is 62.7 Å². The van der Waals surface area contributed by atoms with E-state index < -0.39 is 0 Å². The van der Waals surface area contributed by atoms with Gasteiger partial charge in [-0.15, -0.1) is 0 Å². The molecule has 3 heteroatoms. The van der Waals surface area contributed by atoms with E-state index in [9.17, 15) is 0 Å². The van der Waals surface area contributed by atoms with E-state index in [4.69, 9.17) is 9.94 Å². The second kappa shape index (κ2) is 11.3. The minimum atomic E-state index is 0.685. The first-order chi connectivity index (χ1) is 4.68. The molecule has 0 spiro atoms. The molecule has 0 rings (SSSR count). The summed E-state index contributed by atoms with van der Waals surface area (Å²) >= 11 is 0. The second-order valence-corrected chi connectivity index (χ2v) is 1.83. The van der Waals surface area contributed by atoms with E-state index in [-0.39, 0.29) is 0 Å².